The van der Waals surface area contributed by atoms with Crippen LogP contribution in [0.3, 0.4) is 0 Å². The van der Waals surface area contributed by atoms with E-state index in [0.29, 0.717) is 23.6 Å². The first-order valence-electron chi connectivity index (χ1n) is 6.36. The number of benzene rings is 1. The molecule has 1 heterocycles. The lowest BCUT2D eigenvalue weighted by Crippen LogP contribution is -2.16. The van der Waals surface area contributed by atoms with Gasteiger partial charge in [-0.3, -0.25) is 14.7 Å². The minimum atomic E-state index is -0.477. The van der Waals surface area contributed by atoms with Gasteiger partial charge in [0.1, 0.15) is 0 Å². The SMILES string of the molecule is CC(CCBr)CCn1c(=O)oc2ccc([N+](=O)[O-])cc21. The Balaban J connectivity index is 2.31. The number of fused-ring (bicyclic) bond motifs is 1. The summed E-state index contributed by atoms with van der Waals surface area (Å²) in [6.45, 7) is 2.61. The number of oxazole rings is 1. The van der Waals surface area contributed by atoms with Crippen molar-refractivity contribution in [3.05, 3.63) is 38.9 Å². The molecule has 108 valence electrons. The minimum Gasteiger partial charge on any atom is -0.408 e. The van der Waals surface area contributed by atoms with Gasteiger partial charge in [0.25, 0.3) is 5.69 Å². The molecule has 7 heteroatoms. The van der Waals surface area contributed by atoms with E-state index in [2.05, 4.69) is 22.9 Å². The largest absolute Gasteiger partial charge is 0.419 e. The van der Waals surface area contributed by atoms with E-state index in [-0.39, 0.29) is 5.69 Å². The van der Waals surface area contributed by atoms with Gasteiger partial charge in [0.15, 0.2) is 5.58 Å². The minimum absolute atomic E-state index is 0.0412. The Morgan fingerprint density at radius 3 is 2.85 bits per heavy atom. The molecule has 1 unspecified atom stereocenters. The summed E-state index contributed by atoms with van der Waals surface area (Å²) in [7, 11) is 0. The molecule has 2 rings (SSSR count). The second kappa shape index (κ2) is 6.21. The van der Waals surface area contributed by atoms with Crippen LogP contribution >= 0.6 is 15.9 Å². The fourth-order valence-corrected chi connectivity index (χ4v) is 2.84. The van der Waals surface area contributed by atoms with Crippen molar-refractivity contribution >= 4 is 32.7 Å². The van der Waals surface area contributed by atoms with Gasteiger partial charge in [-0.15, -0.1) is 0 Å². The van der Waals surface area contributed by atoms with Crippen LogP contribution in [-0.4, -0.2) is 14.8 Å². The van der Waals surface area contributed by atoms with E-state index in [1.54, 1.807) is 0 Å². The van der Waals surface area contributed by atoms with Gasteiger partial charge in [-0.2, -0.15) is 0 Å². The molecule has 0 saturated heterocycles. The predicted octanol–water partition coefficient (Wildman–Crippen LogP) is 3.31. The zero-order chi connectivity index (χ0) is 14.7. The number of nitro groups is 1. The normalized spacial score (nSPS) is 12.7. The van der Waals surface area contributed by atoms with Crippen LogP contribution in [0.1, 0.15) is 19.8 Å². The van der Waals surface area contributed by atoms with Gasteiger partial charge in [0, 0.05) is 24.0 Å². The molecule has 20 heavy (non-hydrogen) atoms. The molecule has 0 amide bonds. The number of hydrogen-bond donors (Lipinski definition) is 0. The monoisotopic (exact) mass is 342 g/mol. The Morgan fingerprint density at radius 1 is 1.45 bits per heavy atom. The number of aryl methyl sites for hydroxylation is 1. The van der Waals surface area contributed by atoms with Gasteiger partial charge in [-0.1, -0.05) is 22.9 Å². The number of nitrogens with zero attached hydrogens (tertiary/aromatic N) is 2. The van der Waals surface area contributed by atoms with Crippen molar-refractivity contribution in [1.82, 2.24) is 4.57 Å². The van der Waals surface area contributed by atoms with Crippen LogP contribution in [0.25, 0.3) is 11.1 Å². The summed E-state index contributed by atoms with van der Waals surface area (Å²) < 4.78 is 6.57. The summed E-state index contributed by atoms with van der Waals surface area (Å²) in [6, 6.07) is 4.19. The summed E-state index contributed by atoms with van der Waals surface area (Å²) in [4.78, 5) is 22.1. The van der Waals surface area contributed by atoms with E-state index in [1.165, 1.54) is 22.8 Å². The van der Waals surface area contributed by atoms with Crippen LogP contribution in [0.5, 0.6) is 0 Å². The van der Waals surface area contributed by atoms with E-state index in [4.69, 9.17) is 4.42 Å². The van der Waals surface area contributed by atoms with E-state index in [0.717, 1.165) is 18.2 Å². The van der Waals surface area contributed by atoms with Crippen molar-refractivity contribution in [2.45, 2.75) is 26.3 Å². The van der Waals surface area contributed by atoms with Crippen molar-refractivity contribution in [2.75, 3.05) is 5.33 Å². The van der Waals surface area contributed by atoms with Crippen molar-refractivity contribution in [3.8, 4) is 0 Å². The summed E-state index contributed by atoms with van der Waals surface area (Å²) in [5, 5.41) is 11.7. The van der Waals surface area contributed by atoms with Crippen LogP contribution < -0.4 is 5.76 Å². The van der Waals surface area contributed by atoms with Gasteiger partial charge in [-0.05, 0) is 24.8 Å². The summed E-state index contributed by atoms with van der Waals surface area (Å²) >= 11 is 3.39. The molecule has 0 aliphatic rings. The molecule has 1 aromatic carbocycles. The zero-order valence-corrected chi connectivity index (χ0v) is 12.6. The second-order valence-corrected chi connectivity index (χ2v) is 5.59. The van der Waals surface area contributed by atoms with Gasteiger partial charge in [-0.25, -0.2) is 4.79 Å². The highest BCUT2D eigenvalue weighted by Gasteiger charge is 2.14. The highest BCUT2D eigenvalue weighted by atomic mass is 79.9. The highest BCUT2D eigenvalue weighted by Crippen LogP contribution is 2.21. The Labute approximate surface area is 123 Å². The van der Waals surface area contributed by atoms with E-state index in [1.807, 2.05) is 0 Å². The topological polar surface area (TPSA) is 78.3 Å². The Bertz CT molecular complexity index is 677. The predicted molar refractivity (Wildman–Crippen MR) is 79.3 cm³/mol. The average molecular weight is 343 g/mol. The molecule has 0 aliphatic heterocycles. The fraction of sp³-hybridized carbons (Fsp3) is 0.462. The lowest BCUT2D eigenvalue weighted by atomic mass is 10.1. The maximum absolute atomic E-state index is 11.8. The van der Waals surface area contributed by atoms with Crippen LogP contribution in [0, 0.1) is 16.0 Å². The quantitative estimate of drug-likeness (QED) is 0.458. The third-order valence-corrected chi connectivity index (χ3v) is 3.77. The maximum atomic E-state index is 11.8. The third-order valence-electron chi connectivity index (χ3n) is 3.31. The van der Waals surface area contributed by atoms with E-state index >= 15 is 0 Å². The number of rotatable bonds is 6. The second-order valence-electron chi connectivity index (χ2n) is 4.80. The number of alkyl halides is 1. The number of halogens is 1. The van der Waals surface area contributed by atoms with Crippen LogP contribution in [0.2, 0.25) is 0 Å². The van der Waals surface area contributed by atoms with Crippen LogP contribution in [-0.2, 0) is 6.54 Å². The van der Waals surface area contributed by atoms with Gasteiger partial charge < -0.3 is 4.42 Å². The highest BCUT2D eigenvalue weighted by molar-refractivity contribution is 9.09. The fourth-order valence-electron chi connectivity index (χ4n) is 2.06. The molecule has 1 atom stereocenters. The van der Waals surface area contributed by atoms with Crippen LogP contribution in [0.4, 0.5) is 5.69 Å². The molecular formula is C13H15BrN2O4. The van der Waals surface area contributed by atoms with Crippen molar-refractivity contribution in [2.24, 2.45) is 5.92 Å². The lowest BCUT2D eigenvalue weighted by molar-refractivity contribution is -0.384. The first-order chi connectivity index (χ1) is 9.52. The van der Waals surface area contributed by atoms with Gasteiger partial charge in [0.2, 0.25) is 0 Å². The van der Waals surface area contributed by atoms with Crippen molar-refractivity contribution < 1.29 is 9.34 Å². The number of aromatic nitrogens is 1. The number of non-ortho nitro benzene ring substituents is 1. The zero-order valence-electron chi connectivity index (χ0n) is 11.0. The molecule has 0 fully saturated rings. The molecule has 1 aromatic heterocycles. The van der Waals surface area contributed by atoms with E-state index < -0.39 is 10.7 Å². The standard InChI is InChI=1S/C13H15BrN2O4/c1-9(4-6-14)5-7-15-11-8-10(16(18)19)2-3-12(11)20-13(15)17/h2-3,8-9H,4-7H2,1H3. The first kappa shape index (κ1) is 14.8. The van der Waals surface area contributed by atoms with Gasteiger partial charge >= 0.3 is 5.76 Å². The number of nitro benzene ring substituents is 1. The Morgan fingerprint density at radius 2 is 2.20 bits per heavy atom. The molecular weight excluding hydrogens is 328 g/mol. The average Bonchev–Trinajstić information content (AvgIpc) is 2.71. The molecule has 0 bridgehead atoms. The van der Waals surface area contributed by atoms with Crippen LogP contribution in [0.15, 0.2) is 27.4 Å². The van der Waals surface area contributed by atoms with Crippen molar-refractivity contribution in [1.29, 1.82) is 0 Å². The molecule has 6 nitrogen and oxygen atoms in total. The van der Waals surface area contributed by atoms with E-state index in [9.17, 15) is 14.9 Å². The molecule has 2 aromatic rings. The molecule has 0 aliphatic carbocycles. The molecule has 0 N–H and O–H groups in total. The molecule has 0 saturated carbocycles. The first-order valence-corrected chi connectivity index (χ1v) is 7.49. The third kappa shape index (κ3) is 3.09. The number of hydrogen-bond acceptors (Lipinski definition) is 4. The summed E-state index contributed by atoms with van der Waals surface area (Å²) in [6.07, 6.45) is 1.84. The maximum Gasteiger partial charge on any atom is 0.419 e. The molecule has 0 spiro atoms. The molecule has 0 radical (unpaired) electrons. The summed E-state index contributed by atoms with van der Waals surface area (Å²) in [5.74, 6) is -0.00327. The Kier molecular flexibility index (Phi) is 4.59. The summed E-state index contributed by atoms with van der Waals surface area (Å²) in [5.41, 5.74) is 0.824. The lowest BCUT2D eigenvalue weighted by Gasteiger charge is -2.09. The van der Waals surface area contributed by atoms with Gasteiger partial charge in [0.05, 0.1) is 10.4 Å². The smallest absolute Gasteiger partial charge is 0.408 e. The van der Waals surface area contributed by atoms with Crippen molar-refractivity contribution in [3.63, 3.8) is 0 Å². The Hall–Kier alpha value is -1.63.